The van der Waals surface area contributed by atoms with Gasteiger partial charge >= 0.3 is 5.97 Å². The number of ether oxygens (including phenoxy) is 1. The number of hydrogen-bond donors (Lipinski definition) is 1. The van der Waals surface area contributed by atoms with Gasteiger partial charge in [0.15, 0.2) is 16.4 Å². The van der Waals surface area contributed by atoms with Crippen LogP contribution in [0.5, 0.6) is 0 Å². The average Bonchev–Trinajstić information content (AvgIpc) is 2.49. The Bertz CT molecular complexity index is 844. The number of carbonyl (C=O) groups is 2. The van der Waals surface area contributed by atoms with E-state index in [2.05, 4.69) is 26.1 Å². The Labute approximate surface area is 167 Å². The Hall–Kier alpha value is -2.40. The van der Waals surface area contributed by atoms with Crippen molar-refractivity contribution in [2.45, 2.75) is 52.3 Å². The topological polar surface area (TPSA) is 113 Å². The maximum absolute atomic E-state index is 12.1. The SMILES string of the molecule is CC(C)(C)CC(C)(C)NC(=O)COC(=O)c1ccc(CS(=O)(=O)CC#N)cc1. The molecule has 8 heteroatoms. The van der Waals surface area contributed by atoms with Crippen LogP contribution < -0.4 is 5.32 Å². The van der Waals surface area contributed by atoms with Crippen LogP contribution >= 0.6 is 0 Å². The summed E-state index contributed by atoms with van der Waals surface area (Å²) in [6, 6.07) is 7.44. The molecular formula is C20H28N2O5S. The van der Waals surface area contributed by atoms with Crippen LogP contribution in [0.4, 0.5) is 0 Å². The molecular weight excluding hydrogens is 380 g/mol. The first kappa shape index (κ1) is 23.6. The number of rotatable bonds is 8. The molecule has 1 rings (SSSR count). The van der Waals surface area contributed by atoms with Gasteiger partial charge in [-0.25, -0.2) is 13.2 Å². The zero-order valence-electron chi connectivity index (χ0n) is 17.0. The smallest absolute Gasteiger partial charge is 0.338 e. The van der Waals surface area contributed by atoms with Gasteiger partial charge in [-0.2, -0.15) is 5.26 Å². The molecule has 28 heavy (non-hydrogen) atoms. The lowest BCUT2D eigenvalue weighted by molar-refractivity contribution is -0.126. The van der Waals surface area contributed by atoms with E-state index in [1.54, 1.807) is 6.07 Å². The molecule has 1 aromatic carbocycles. The number of nitrogens with zero attached hydrogens (tertiary/aromatic N) is 1. The van der Waals surface area contributed by atoms with Crippen LogP contribution in [-0.4, -0.2) is 38.2 Å². The van der Waals surface area contributed by atoms with Crippen molar-refractivity contribution in [3.05, 3.63) is 35.4 Å². The van der Waals surface area contributed by atoms with E-state index in [-0.39, 0.29) is 22.6 Å². The molecule has 0 unspecified atom stereocenters. The maximum Gasteiger partial charge on any atom is 0.338 e. The molecule has 0 fully saturated rings. The molecule has 1 N–H and O–H groups in total. The summed E-state index contributed by atoms with van der Waals surface area (Å²) >= 11 is 0. The number of hydrogen-bond acceptors (Lipinski definition) is 6. The van der Waals surface area contributed by atoms with Gasteiger partial charge in [-0.15, -0.1) is 0 Å². The fourth-order valence-electron chi connectivity index (χ4n) is 3.14. The predicted octanol–water partition coefficient (Wildman–Crippen LogP) is 2.61. The van der Waals surface area contributed by atoms with Crippen LogP contribution in [0.2, 0.25) is 0 Å². The third kappa shape index (κ3) is 9.00. The molecule has 0 spiro atoms. The van der Waals surface area contributed by atoms with Gasteiger partial charge in [-0.3, -0.25) is 4.79 Å². The number of sulfone groups is 1. The maximum atomic E-state index is 12.1. The second kappa shape index (κ2) is 9.20. The fourth-order valence-corrected chi connectivity index (χ4v) is 4.14. The minimum Gasteiger partial charge on any atom is -0.452 e. The van der Waals surface area contributed by atoms with Crippen LogP contribution in [0.1, 0.15) is 57.0 Å². The fraction of sp³-hybridized carbons (Fsp3) is 0.550. The van der Waals surface area contributed by atoms with Crippen molar-refractivity contribution in [1.82, 2.24) is 5.32 Å². The summed E-state index contributed by atoms with van der Waals surface area (Å²) in [7, 11) is -3.50. The van der Waals surface area contributed by atoms with E-state index in [0.717, 1.165) is 6.42 Å². The zero-order valence-corrected chi connectivity index (χ0v) is 17.9. The molecule has 0 bridgehead atoms. The van der Waals surface area contributed by atoms with Gasteiger partial charge in [0, 0.05) is 5.54 Å². The highest BCUT2D eigenvalue weighted by atomic mass is 32.2. The van der Waals surface area contributed by atoms with Crippen molar-refractivity contribution < 1.29 is 22.7 Å². The first-order valence-electron chi connectivity index (χ1n) is 8.87. The molecule has 1 amide bonds. The minimum absolute atomic E-state index is 0.0376. The monoisotopic (exact) mass is 408 g/mol. The van der Waals surface area contributed by atoms with Gasteiger partial charge in [-0.05, 0) is 43.4 Å². The van der Waals surface area contributed by atoms with Gasteiger partial charge in [-0.1, -0.05) is 32.9 Å². The van der Waals surface area contributed by atoms with E-state index < -0.39 is 33.7 Å². The first-order chi connectivity index (χ1) is 12.7. The van der Waals surface area contributed by atoms with Crippen molar-refractivity contribution in [2.24, 2.45) is 5.41 Å². The van der Waals surface area contributed by atoms with E-state index in [1.165, 1.54) is 24.3 Å². The summed E-state index contributed by atoms with van der Waals surface area (Å²) < 4.78 is 28.3. The summed E-state index contributed by atoms with van der Waals surface area (Å²) in [6.45, 7) is 9.67. The molecule has 0 aliphatic heterocycles. The van der Waals surface area contributed by atoms with Gasteiger partial charge in [0.05, 0.1) is 17.4 Å². The largest absolute Gasteiger partial charge is 0.452 e. The molecule has 7 nitrogen and oxygen atoms in total. The molecule has 0 saturated heterocycles. The van der Waals surface area contributed by atoms with Crippen molar-refractivity contribution in [3.63, 3.8) is 0 Å². The van der Waals surface area contributed by atoms with Crippen LogP contribution in [0.25, 0.3) is 0 Å². The number of carbonyl (C=O) groups excluding carboxylic acids is 2. The summed E-state index contributed by atoms with van der Waals surface area (Å²) in [5.74, 6) is -1.89. The number of amides is 1. The second-order valence-electron chi connectivity index (χ2n) is 8.63. The molecule has 0 aliphatic rings. The quantitative estimate of drug-likeness (QED) is 0.662. The highest BCUT2D eigenvalue weighted by Gasteiger charge is 2.27. The summed E-state index contributed by atoms with van der Waals surface area (Å²) in [5.41, 5.74) is 0.283. The van der Waals surface area contributed by atoms with Gasteiger partial charge in [0.1, 0.15) is 5.75 Å². The van der Waals surface area contributed by atoms with Crippen molar-refractivity contribution in [3.8, 4) is 6.07 Å². The number of nitrogens with one attached hydrogen (secondary N) is 1. The van der Waals surface area contributed by atoms with E-state index in [4.69, 9.17) is 10.00 Å². The first-order valence-corrected chi connectivity index (χ1v) is 10.7. The van der Waals surface area contributed by atoms with E-state index in [1.807, 2.05) is 13.8 Å². The Morgan fingerprint density at radius 1 is 1.11 bits per heavy atom. The molecule has 0 aromatic heterocycles. The molecule has 0 aliphatic carbocycles. The zero-order chi connectivity index (χ0) is 21.6. The predicted molar refractivity (Wildman–Crippen MR) is 106 cm³/mol. The summed E-state index contributed by atoms with van der Waals surface area (Å²) in [5, 5.41) is 11.4. The third-order valence-corrected chi connectivity index (χ3v) is 4.99. The Kier molecular flexibility index (Phi) is 7.76. The van der Waals surface area contributed by atoms with Crippen LogP contribution in [0.15, 0.2) is 24.3 Å². The average molecular weight is 409 g/mol. The van der Waals surface area contributed by atoms with E-state index >= 15 is 0 Å². The molecule has 154 valence electrons. The molecule has 0 radical (unpaired) electrons. The second-order valence-corrected chi connectivity index (χ2v) is 10.7. The van der Waals surface area contributed by atoms with Gasteiger partial charge in [0.2, 0.25) is 0 Å². The number of nitriles is 1. The summed E-state index contributed by atoms with van der Waals surface area (Å²) in [6.07, 6.45) is 0.760. The highest BCUT2D eigenvalue weighted by molar-refractivity contribution is 7.90. The minimum atomic E-state index is -3.50. The normalized spacial score (nSPS) is 12.1. The van der Waals surface area contributed by atoms with Crippen molar-refractivity contribution in [1.29, 1.82) is 5.26 Å². The summed E-state index contributed by atoms with van der Waals surface area (Å²) in [4.78, 5) is 24.2. The molecule has 0 heterocycles. The number of esters is 1. The van der Waals surface area contributed by atoms with Crippen LogP contribution in [-0.2, 0) is 25.1 Å². The van der Waals surface area contributed by atoms with Gasteiger partial charge < -0.3 is 10.1 Å². The van der Waals surface area contributed by atoms with E-state index in [0.29, 0.717) is 5.56 Å². The molecule has 0 atom stereocenters. The van der Waals surface area contributed by atoms with Crippen LogP contribution in [0.3, 0.4) is 0 Å². The lowest BCUT2D eigenvalue weighted by Crippen LogP contribution is -2.47. The van der Waals surface area contributed by atoms with Crippen LogP contribution in [0, 0.1) is 16.7 Å². The van der Waals surface area contributed by atoms with Gasteiger partial charge in [0.25, 0.3) is 5.91 Å². The Morgan fingerprint density at radius 3 is 2.18 bits per heavy atom. The molecule has 0 saturated carbocycles. The Morgan fingerprint density at radius 2 is 1.68 bits per heavy atom. The van der Waals surface area contributed by atoms with Crippen molar-refractivity contribution >= 4 is 21.7 Å². The Balaban J connectivity index is 2.60. The lowest BCUT2D eigenvalue weighted by Gasteiger charge is -2.33. The molecule has 1 aromatic rings. The third-order valence-electron chi connectivity index (χ3n) is 3.65. The lowest BCUT2D eigenvalue weighted by atomic mass is 9.82. The number of benzene rings is 1. The van der Waals surface area contributed by atoms with Crippen molar-refractivity contribution in [2.75, 3.05) is 12.4 Å². The highest BCUT2D eigenvalue weighted by Crippen LogP contribution is 2.26. The van der Waals surface area contributed by atoms with E-state index in [9.17, 15) is 18.0 Å². The standard InChI is InChI=1S/C20H28N2O5S/c1-19(2,3)14-20(4,5)22-17(23)12-27-18(24)16-8-6-15(7-9-16)13-28(25,26)11-10-21/h6-9H,11-14H2,1-5H3,(H,22,23).